The molecule has 7 heteroatoms. The van der Waals surface area contributed by atoms with Gasteiger partial charge in [0, 0.05) is 37.8 Å². The van der Waals surface area contributed by atoms with Crippen LogP contribution in [0, 0.1) is 11.8 Å². The first-order valence-electron chi connectivity index (χ1n) is 11.1. The molecular weight excluding hydrogens is 368 g/mol. The molecule has 5 rings (SSSR count). The van der Waals surface area contributed by atoms with Gasteiger partial charge in [0.25, 0.3) is 0 Å². The van der Waals surface area contributed by atoms with E-state index in [1.165, 1.54) is 5.56 Å². The van der Waals surface area contributed by atoms with Gasteiger partial charge in [-0.05, 0) is 44.1 Å². The van der Waals surface area contributed by atoms with Gasteiger partial charge in [-0.15, -0.1) is 0 Å². The fourth-order valence-corrected chi connectivity index (χ4v) is 5.47. The van der Waals surface area contributed by atoms with Crippen molar-refractivity contribution >= 4 is 6.03 Å². The molecule has 3 aliphatic heterocycles. The number of nitrogens with one attached hydrogen (secondary N) is 3. The Labute approximate surface area is 172 Å². The van der Waals surface area contributed by atoms with E-state index in [0.29, 0.717) is 17.9 Å². The Hall–Kier alpha value is -1.67. The summed E-state index contributed by atoms with van der Waals surface area (Å²) >= 11 is 0. The SMILES string of the molecule is C[C@H](c1ccccc1)N1CC2CC3C(CC2NC1=O)NNC3OC1CCOCC1. The predicted octanol–water partition coefficient (Wildman–Crippen LogP) is 2.17. The molecule has 4 aliphatic rings. The average Bonchev–Trinajstić information content (AvgIpc) is 3.14. The van der Waals surface area contributed by atoms with Crippen molar-refractivity contribution in [2.24, 2.45) is 11.8 Å². The number of hydrogen-bond acceptors (Lipinski definition) is 5. The number of ether oxygens (including phenoxy) is 2. The molecule has 0 aromatic heterocycles. The minimum atomic E-state index is 0.0432. The molecule has 0 bridgehead atoms. The third-order valence-corrected chi connectivity index (χ3v) is 7.23. The Morgan fingerprint density at radius 2 is 1.90 bits per heavy atom. The first-order chi connectivity index (χ1) is 14.2. The predicted molar refractivity (Wildman–Crippen MR) is 109 cm³/mol. The van der Waals surface area contributed by atoms with Crippen molar-refractivity contribution in [2.75, 3.05) is 19.8 Å². The van der Waals surface area contributed by atoms with Gasteiger partial charge in [0.05, 0.1) is 12.1 Å². The van der Waals surface area contributed by atoms with E-state index in [1.807, 2.05) is 23.1 Å². The van der Waals surface area contributed by atoms with Crippen LogP contribution in [0.25, 0.3) is 0 Å². The van der Waals surface area contributed by atoms with Gasteiger partial charge >= 0.3 is 6.03 Å². The second-order valence-electron chi connectivity index (χ2n) is 8.95. The molecule has 3 saturated heterocycles. The van der Waals surface area contributed by atoms with E-state index in [1.54, 1.807) is 0 Å². The Balaban J connectivity index is 1.25. The molecule has 1 saturated carbocycles. The van der Waals surface area contributed by atoms with Gasteiger partial charge in [-0.1, -0.05) is 30.3 Å². The Kier molecular flexibility index (Phi) is 5.47. The smallest absolute Gasteiger partial charge is 0.318 e. The molecule has 1 aromatic rings. The summed E-state index contributed by atoms with van der Waals surface area (Å²) in [6.45, 7) is 4.51. The lowest BCUT2D eigenvalue weighted by Gasteiger charge is -2.47. The number of urea groups is 1. The van der Waals surface area contributed by atoms with Crippen LogP contribution in [0.1, 0.15) is 44.2 Å². The van der Waals surface area contributed by atoms with Crippen molar-refractivity contribution in [2.45, 2.75) is 63.1 Å². The van der Waals surface area contributed by atoms with Crippen LogP contribution in [0.4, 0.5) is 4.79 Å². The number of fused-ring (bicyclic) bond motifs is 2. The highest BCUT2D eigenvalue weighted by Crippen LogP contribution is 2.39. The fraction of sp³-hybridized carbons (Fsp3) is 0.682. The Bertz CT molecular complexity index is 711. The van der Waals surface area contributed by atoms with E-state index in [4.69, 9.17) is 9.47 Å². The summed E-state index contributed by atoms with van der Waals surface area (Å²) in [4.78, 5) is 14.8. The quantitative estimate of drug-likeness (QED) is 0.722. The maximum Gasteiger partial charge on any atom is 0.318 e. The van der Waals surface area contributed by atoms with Crippen LogP contribution in [-0.4, -0.2) is 55.1 Å². The summed E-state index contributed by atoms with van der Waals surface area (Å²) in [5.41, 5.74) is 8.00. The third-order valence-electron chi connectivity index (χ3n) is 7.23. The van der Waals surface area contributed by atoms with Crippen LogP contribution in [0.5, 0.6) is 0 Å². The number of carbonyl (C=O) groups is 1. The van der Waals surface area contributed by atoms with Crippen molar-refractivity contribution in [3.8, 4) is 0 Å². The molecule has 29 heavy (non-hydrogen) atoms. The molecule has 3 heterocycles. The van der Waals surface area contributed by atoms with Crippen LogP contribution in [0.15, 0.2) is 30.3 Å². The minimum absolute atomic E-state index is 0.0432. The molecule has 6 atom stereocenters. The summed E-state index contributed by atoms with van der Waals surface area (Å²) in [5, 5.41) is 3.29. The first kappa shape index (κ1) is 19.3. The molecule has 4 fully saturated rings. The molecule has 2 amide bonds. The summed E-state index contributed by atoms with van der Waals surface area (Å²) in [7, 11) is 0. The zero-order chi connectivity index (χ0) is 19.8. The number of amides is 2. The molecule has 7 nitrogen and oxygen atoms in total. The largest absolute Gasteiger partial charge is 0.381 e. The zero-order valence-corrected chi connectivity index (χ0v) is 17.0. The zero-order valence-electron chi connectivity index (χ0n) is 17.0. The van der Waals surface area contributed by atoms with Gasteiger partial charge in [-0.25, -0.2) is 10.2 Å². The second kappa shape index (κ2) is 8.22. The number of hydrogen-bond donors (Lipinski definition) is 3. The van der Waals surface area contributed by atoms with Crippen molar-refractivity contribution in [3.05, 3.63) is 35.9 Å². The van der Waals surface area contributed by atoms with E-state index < -0.39 is 0 Å². The minimum Gasteiger partial charge on any atom is -0.381 e. The van der Waals surface area contributed by atoms with Crippen molar-refractivity contribution in [1.29, 1.82) is 0 Å². The van der Waals surface area contributed by atoms with Gasteiger partial charge < -0.3 is 19.7 Å². The van der Waals surface area contributed by atoms with Gasteiger partial charge in [-0.3, -0.25) is 5.43 Å². The number of benzene rings is 1. The maximum atomic E-state index is 12.8. The second-order valence-corrected chi connectivity index (χ2v) is 8.95. The van der Waals surface area contributed by atoms with Gasteiger partial charge in [0.15, 0.2) is 0 Å². The van der Waals surface area contributed by atoms with E-state index in [0.717, 1.165) is 45.4 Å². The van der Waals surface area contributed by atoms with E-state index in [9.17, 15) is 4.79 Å². The molecule has 0 radical (unpaired) electrons. The molecule has 3 N–H and O–H groups in total. The summed E-state index contributed by atoms with van der Waals surface area (Å²) < 4.78 is 11.9. The Morgan fingerprint density at radius 1 is 1.10 bits per heavy atom. The average molecular weight is 401 g/mol. The van der Waals surface area contributed by atoms with Gasteiger partial charge in [0.1, 0.15) is 6.23 Å². The molecule has 1 aliphatic carbocycles. The standard InChI is InChI=1S/C22H32N4O3/c1-14(15-5-3-2-4-6-15)26-13-16-11-18-20(12-19(16)23-22(26)27)24-25-21(18)29-17-7-9-28-10-8-17/h2-6,14,16-21,24-25H,7-13H2,1H3,(H,23,27)/t14-,16?,18?,19?,20?,21?/m1/s1. The van der Waals surface area contributed by atoms with Crippen LogP contribution < -0.4 is 16.2 Å². The lowest BCUT2D eigenvalue weighted by molar-refractivity contribution is -0.0954. The van der Waals surface area contributed by atoms with Gasteiger partial charge in [0.2, 0.25) is 0 Å². The highest BCUT2D eigenvalue weighted by molar-refractivity contribution is 5.76. The molecular formula is C22H32N4O3. The summed E-state index contributed by atoms with van der Waals surface area (Å²) in [5.74, 6) is 0.880. The van der Waals surface area contributed by atoms with Crippen molar-refractivity contribution in [1.82, 2.24) is 21.1 Å². The van der Waals surface area contributed by atoms with Crippen LogP contribution in [0.2, 0.25) is 0 Å². The van der Waals surface area contributed by atoms with Crippen LogP contribution in [0.3, 0.4) is 0 Å². The third kappa shape index (κ3) is 3.89. The summed E-state index contributed by atoms with van der Waals surface area (Å²) in [6, 6.07) is 11.0. The van der Waals surface area contributed by atoms with E-state index in [-0.39, 0.29) is 30.4 Å². The van der Waals surface area contributed by atoms with Crippen molar-refractivity contribution < 1.29 is 14.3 Å². The number of nitrogens with zero attached hydrogens (tertiary/aromatic N) is 1. The van der Waals surface area contributed by atoms with Crippen LogP contribution >= 0.6 is 0 Å². The number of rotatable bonds is 4. The number of carbonyl (C=O) groups excluding carboxylic acids is 1. The lowest BCUT2D eigenvalue weighted by Crippen LogP contribution is -2.61. The fourth-order valence-electron chi connectivity index (χ4n) is 5.47. The van der Waals surface area contributed by atoms with Gasteiger partial charge in [-0.2, -0.15) is 0 Å². The van der Waals surface area contributed by atoms with Crippen LogP contribution in [-0.2, 0) is 9.47 Å². The van der Waals surface area contributed by atoms with E-state index in [2.05, 4.69) is 35.2 Å². The lowest BCUT2D eigenvalue weighted by atomic mass is 9.74. The normalized spacial score (nSPS) is 36.2. The monoisotopic (exact) mass is 400 g/mol. The first-order valence-corrected chi connectivity index (χ1v) is 11.1. The van der Waals surface area contributed by atoms with Crippen molar-refractivity contribution in [3.63, 3.8) is 0 Å². The number of hydrazine groups is 1. The maximum absolute atomic E-state index is 12.8. The molecule has 158 valence electrons. The Morgan fingerprint density at radius 3 is 2.69 bits per heavy atom. The molecule has 5 unspecified atom stereocenters. The highest BCUT2D eigenvalue weighted by Gasteiger charge is 2.48. The highest BCUT2D eigenvalue weighted by atomic mass is 16.5. The molecule has 0 spiro atoms. The topological polar surface area (TPSA) is 74.9 Å². The summed E-state index contributed by atoms with van der Waals surface area (Å²) in [6.07, 6.45) is 4.28. The molecule has 1 aromatic carbocycles. The van der Waals surface area contributed by atoms with E-state index >= 15 is 0 Å².